The maximum Gasteiger partial charge on any atom is 0.201 e. The van der Waals surface area contributed by atoms with E-state index in [1.807, 2.05) is 0 Å². The van der Waals surface area contributed by atoms with Crippen molar-refractivity contribution in [3.8, 4) is 11.5 Å². The van der Waals surface area contributed by atoms with Gasteiger partial charge in [-0.1, -0.05) is 18.2 Å². The summed E-state index contributed by atoms with van der Waals surface area (Å²) in [7, 11) is 0. The van der Waals surface area contributed by atoms with E-state index in [9.17, 15) is 13.2 Å². The van der Waals surface area contributed by atoms with E-state index in [0.29, 0.717) is 5.56 Å². The largest absolute Gasteiger partial charge is 0.451 e. The minimum atomic E-state index is -1.16. The van der Waals surface area contributed by atoms with Crippen molar-refractivity contribution in [3.63, 3.8) is 0 Å². The van der Waals surface area contributed by atoms with Crippen LogP contribution in [-0.2, 0) is 6.54 Å². The van der Waals surface area contributed by atoms with Gasteiger partial charge in [-0.05, 0) is 18.2 Å². The molecule has 2 N–H and O–H groups in total. The van der Waals surface area contributed by atoms with Crippen LogP contribution in [0.15, 0.2) is 36.4 Å². The van der Waals surface area contributed by atoms with Crippen LogP contribution in [0.1, 0.15) is 5.56 Å². The minimum absolute atomic E-state index is 0.0318. The average molecular weight is 253 g/mol. The zero-order valence-corrected chi connectivity index (χ0v) is 9.29. The first-order valence-corrected chi connectivity index (χ1v) is 5.23. The summed E-state index contributed by atoms with van der Waals surface area (Å²) in [5.74, 6) is -3.47. The first kappa shape index (κ1) is 12.4. The summed E-state index contributed by atoms with van der Waals surface area (Å²) in [6.45, 7) is 0.0318. The van der Waals surface area contributed by atoms with E-state index in [2.05, 4.69) is 0 Å². The Morgan fingerprint density at radius 2 is 1.61 bits per heavy atom. The van der Waals surface area contributed by atoms with Crippen LogP contribution >= 0.6 is 0 Å². The summed E-state index contributed by atoms with van der Waals surface area (Å²) in [6.07, 6.45) is 0. The van der Waals surface area contributed by atoms with Crippen molar-refractivity contribution < 1.29 is 17.9 Å². The number of ether oxygens (including phenoxy) is 1. The highest BCUT2D eigenvalue weighted by atomic mass is 19.2. The molecule has 2 rings (SSSR count). The summed E-state index contributed by atoms with van der Waals surface area (Å²) >= 11 is 0. The Hall–Kier alpha value is -2.01. The van der Waals surface area contributed by atoms with Crippen molar-refractivity contribution in [2.75, 3.05) is 0 Å². The standard InChI is InChI=1S/C13H10F3NO/c14-9-4-2-6-11(12(9)16)18-13-8(7-17)3-1-5-10(13)15/h1-6H,7,17H2. The second-order valence-electron chi connectivity index (χ2n) is 3.59. The van der Waals surface area contributed by atoms with E-state index in [0.717, 1.165) is 12.1 Å². The number of halogens is 3. The van der Waals surface area contributed by atoms with E-state index in [-0.39, 0.29) is 18.0 Å². The molecule has 0 bridgehead atoms. The van der Waals surface area contributed by atoms with Gasteiger partial charge in [0.05, 0.1) is 0 Å². The highest BCUT2D eigenvalue weighted by Crippen LogP contribution is 2.30. The average Bonchev–Trinajstić information content (AvgIpc) is 2.37. The van der Waals surface area contributed by atoms with E-state index < -0.39 is 17.5 Å². The Morgan fingerprint density at radius 1 is 0.944 bits per heavy atom. The fourth-order valence-electron chi connectivity index (χ4n) is 1.50. The normalized spacial score (nSPS) is 10.4. The SMILES string of the molecule is NCc1cccc(F)c1Oc1cccc(F)c1F. The zero-order valence-electron chi connectivity index (χ0n) is 9.29. The summed E-state index contributed by atoms with van der Waals surface area (Å²) in [6, 6.07) is 7.61. The highest BCUT2D eigenvalue weighted by Gasteiger charge is 2.14. The predicted octanol–water partition coefficient (Wildman–Crippen LogP) is 3.35. The van der Waals surface area contributed by atoms with Crippen LogP contribution in [-0.4, -0.2) is 0 Å². The van der Waals surface area contributed by atoms with Crippen LogP contribution in [0.4, 0.5) is 13.2 Å². The lowest BCUT2D eigenvalue weighted by molar-refractivity contribution is 0.393. The first-order valence-electron chi connectivity index (χ1n) is 5.23. The zero-order chi connectivity index (χ0) is 13.1. The molecule has 94 valence electrons. The fraction of sp³-hybridized carbons (Fsp3) is 0.0769. The third-order valence-electron chi connectivity index (χ3n) is 2.40. The molecule has 0 aliphatic rings. The monoisotopic (exact) mass is 253 g/mol. The van der Waals surface area contributed by atoms with Gasteiger partial charge in [0.15, 0.2) is 23.1 Å². The molecule has 0 heterocycles. The van der Waals surface area contributed by atoms with Gasteiger partial charge >= 0.3 is 0 Å². The topological polar surface area (TPSA) is 35.2 Å². The number of benzene rings is 2. The van der Waals surface area contributed by atoms with Gasteiger partial charge < -0.3 is 10.5 Å². The molecule has 0 aromatic heterocycles. The number of para-hydroxylation sites is 1. The van der Waals surface area contributed by atoms with Gasteiger partial charge in [-0.25, -0.2) is 8.78 Å². The van der Waals surface area contributed by atoms with Crippen molar-refractivity contribution in [2.45, 2.75) is 6.54 Å². The van der Waals surface area contributed by atoms with Crippen LogP contribution in [0.2, 0.25) is 0 Å². The van der Waals surface area contributed by atoms with Crippen LogP contribution < -0.4 is 10.5 Å². The van der Waals surface area contributed by atoms with Gasteiger partial charge in [-0.2, -0.15) is 4.39 Å². The molecule has 0 radical (unpaired) electrons. The van der Waals surface area contributed by atoms with Gasteiger partial charge in [0.1, 0.15) is 0 Å². The molecular weight excluding hydrogens is 243 g/mol. The van der Waals surface area contributed by atoms with Gasteiger partial charge in [0.2, 0.25) is 5.82 Å². The number of nitrogens with two attached hydrogens (primary N) is 1. The molecule has 18 heavy (non-hydrogen) atoms. The third-order valence-corrected chi connectivity index (χ3v) is 2.40. The summed E-state index contributed by atoms with van der Waals surface area (Å²) in [4.78, 5) is 0. The third kappa shape index (κ3) is 2.31. The smallest absolute Gasteiger partial charge is 0.201 e. The van der Waals surface area contributed by atoms with E-state index in [1.54, 1.807) is 6.07 Å². The molecule has 2 nitrogen and oxygen atoms in total. The molecule has 0 spiro atoms. The Labute approximate surface area is 102 Å². The van der Waals surface area contributed by atoms with Gasteiger partial charge in [0.25, 0.3) is 0 Å². The van der Waals surface area contributed by atoms with Gasteiger partial charge in [0, 0.05) is 12.1 Å². The summed E-state index contributed by atoms with van der Waals surface area (Å²) in [5, 5.41) is 0. The van der Waals surface area contributed by atoms with Crippen molar-refractivity contribution >= 4 is 0 Å². The van der Waals surface area contributed by atoms with E-state index in [1.165, 1.54) is 18.2 Å². The molecule has 2 aromatic carbocycles. The second-order valence-corrected chi connectivity index (χ2v) is 3.59. The highest BCUT2D eigenvalue weighted by molar-refractivity contribution is 5.39. The molecule has 2 aromatic rings. The Bertz CT molecular complexity index is 572. The summed E-state index contributed by atoms with van der Waals surface area (Å²) < 4.78 is 45.0. The van der Waals surface area contributed by atoms with E-state index >= 15 is 0 Å². The van der Waals surface area contributed by atoms with Crippen molar-refractivity contribution in [1.82, 2.24) is 0 Å². The molecular formula is C13H10F3NO. The molecule has 0 saturated heterocycles. The molecule has 0 fully saturated rings. The molecule has 0 unspecified atom stereocenters. The van der Waals surface area contributed by atoms with Gasteiger partial charge in [-0.3, -0.25) is 0 Å². The lowest BCUT2D eigenvalue weighted by atomic mass is 10.2. The fourth-order valence-corrected chi connectivity index (χ4v) is 1.50. The van der Waals surface area contributed by atoms with E-state index in [4.69, 9.17) is 10.5 Å². The molecule has 0 amide bonds. The minimum Gasteiger partial charge on any atom is -0.451 e. The van der Waals surface area contributed by atoms with Gasteiger partial charge in [-0.15, -0.1) is 0 Å². The van der Waals surface area contributed by atoms with Crippen LogP contribution in [0, 0.1) is 17.5 Å². The molecule has 0 aliphatic heterocycles. The molecule has 5 heteroatoms. The quantitative estimate of drug-likeness (QED) is 0.910. The first-order chi connectivity index (χ1) is 8.63. The summed E-state index contributed by atoms with van der Waals surface area (Å²) in [5.41, 5.74) is 5.80. The lowest BCUT2D eigenvalue weighted by Crippen LogP contribution is -2.02. The number of hydrogen-bond donors (Lipinski definition) is 1. The maximum absolute atomic E-state index is 13.6. The second kappa shape index (κ2) is 5.10. The van der Waals surface area contributed by atoms with Crippen molar-refractivity contribution in [1.29, 1.82) is 0 Å². The number of hydrogen-bond acceptors (Lipinski definition) is 2. The maximum atomic E-state index is 13.6. The predicted molar refractivity (Wildman–Crippen MR) is 60.7 cm³/mol. The Morgan fingerprint density at radius 3 is 2.33 bits per heavy atom. The van der Waals surface area contributed by atoms with Crippen LogP contribution in [0.5, 0.6) is 11.5 Å². The number of rotatable bonds is 3. The van der Waals surface area contributed by atoms with Crippen LogP contribution in [0.25, 0.3) is 0 Å². The lowest BCUT2D eigenvalue weighted by Gasteiger charge is -2.11. The van der Waals surface area contributed by atoms with Crippen LogP contribution in [0.3, 0.4) is 0 Å². The van der Waals surface area contributed by atoms with Crippen molar-refractivity contribution in [3.05, 3.63) is 59.4 Å². The Balaban J connectivity index is 2.43. The molecule has 0 atom stereocenters. The van der Waals surface area contributed by atoms with Crippen molar-refractivity contribution in [2.24, 2.45) is 5.73 Å². The molecule has 0 aliphatic carbocycles. The Kier molecular flexibility index (Phi) is 3.53. The molecule has 0 saturated carbocycles.